The highest BCUT2D eigenvalue weighted by molar-refractivity contribution is 7.27. The lowest BCUT2D eigenvalue weighted by atomic mass is 10.4. The summed E-state index contributed by atoms with van der Waals surface area (Å²) < 4.78 is 5.48. The Morgan fingerprint density at radius 1 is 1.18 bits per heavy atom. The van der Waals surface area contributed by atoms with Gasteiger partial charge in [-0.05, 0) is 23.7 Å². The Balaban J connectivity index is 2.07. The average Bonchev–Trinajstić information content (AvgIpc) is 2.32. The van der Waals surface area contributed by atoms with Crippen LogP contribution in [0.1, 0.15) is 5.69 Å². The van der Waals surface area contributed by atoms with Crippen molar-refractivity contribution in [1.29, 1.82) is 0 Å². The molecule has 0 fully saturated rings. The Labute approximate surface area is 111 Å². The molecule has 4 nitrogen and oxygen atoms in total. The summed E-state index contributed by atoms with van der Waals surface area (Å²) in [5.74, 6) is 0.423. The zero-order valence-electron chi connectivity index (χ0n) is 8.60. The Kier molecular flexibility index (Phi) is 4.11. The molecule has 17 heavy (non-hydrogen) atoms. The molecule has 2 aromatic rings. The van der Waals surface area contributed by atoms with Gasteiger partial charge < -0.3 is 4.74 Å². The van der Waals surface area contributed by atoms with Gasteiger partial charge in [0.05, 0.1) is 16.0 Å². The third-order valence-corrected chi connectivity index (χ3v) is 2.70. The summed E-state index contributed by atoms with van der Waals surface area (Å²) in [7, 11) is 2.48. The van der Waals surface area contributed by atoms with Crippen molar-refractivity contribution in [2.45, 2.75) is 6.61 Å². The van der Waals surface area contributed by atoms with Gasteiger partial charge >= 0.3 is 0 Å². The summed E-state index contributed by atoms with van der Waals surface area (Å²) in [6.45, 7) is 0.298. The first-order valence-corrected chi connectivity index (χ1v) is 6.00. The van der Waals surface area contributed by atoms with Gasteiger partial charge in [-0.2, -0.15) is 4.98 Å². The molecule has 0 N–H and O–H groups in total. The number of ether oxygens (including phenoxy) is 1. The van der Waals surface area contributed by atoms with Gasteiger partial charge in [-0.15, -0.1) is 0 Å². The molecule has 1 unspecified atom stereocenters. The summed E-state index contributed by atoms with van der Waals surface area (Å²) in [5, 5.41) is 1.48. The van der Waals surface area contributed by atoms with E-state index in [1.165, 1.54) is 0 Å². The van der Waals surface area contributed by atoms with Crippen LogP contribution in [0.4, 0.5) is 0 Å². The van der Waals surface area contributed by atoms with Crippen LogP contribution in [0.15, 0.2) is 24.5 Å². The number of aromatic nitrogens is 3. The molecule has 0 aliphatic rings. The van der Waals surface area contributed by atoms with E-state index in [9.17, 15) is 0 Å². The molecule has 0 spiro atoms. The van der Waals surface area contributed by atoms with Gasteiger partial charge in [-0.3, -0.25) is 4.98 Å². The van der Waals surface area contributed by atoms with E-state index in [1.807, 2.05) is 0 Å². The van der Waals surface area contributed by atoms with E-state index in [0.717, 1.165) is 11.0 Å². The van der Waals surface area contributed by atoms with Gasteiger partial charge in [0.1, 0.15) is 6.61 Å². The normalized spacial score (nSPS) is 10.3. The van der Waals surface area contributed by atoms with Gasteiger partial charge in [-0.25, -0.2) is 4.98 Å². The number of nitrogens with zero attached hydrogens (tertiary/aromatic N) is 3. The third kappa shape index (κ3) is 3.50. The minimum atomic E-state index is 0.148. The molecule has 0 radical (unpaired) electrons. The molecular formula is C10H8Cl2N3OP. The molecule has 0 saturated carbocycles. The Morgan fingerprint density at radius 2 is 2.00 bits per heavy atom. The van der Waals surface area contributed by atoms with Crippen LogP contribution in [-0.4, -0.2) is 15.0 Å². The number of pyridine rings is 1. The van der Waals surface area contributed by atoms with Crippen molar-refractivity contribution < 1.29 is 4.74 Å². The molecule has 0 aromatic carbocycles. The topological polar surface area (TPSA) is 47.9 Å². The van der Waals surface area contributed by atoms with Crippen molar-refractivity contribution in [2.24, 2.45) is 0 Å². The van der Waals surface area contributed by atoms with Crippen LogP contribution in [0.3, 0.4) is 0 Å². The Morgan fingerprint density at radius 3 is 2.71 bits per heavy atom. The minimum absolute atomic E-state index is 0.148. The predicted molar refractivity (Wildman–Crippen MR) is 70.0 cm³/mol. The fraction of sp³-hybridized carbons (Fsp3) is 0.100. The van der Waals surface area contributed by atoms with E-state index < -0.39 is 0 Å². The Bertz CT molecular complexity index is 521. The first-order chi connectivity index (χ1) is 8.15. The summed E-state index contributed by atoms with van der Waals surface area (Å²) in [6.07, 6.45) is 3.14. The van der Waals surface area contributed by atoms with Gasteiger partial charge in [-0.1, -0.05) is 20.8 Å². The van der Waals surface area contributed by atoms with Crippen LogP contribution in [0.25, 0.3) is 0 Å². The van der Waals surface area contributed by atoms with Gasteiger partial charge in [0.25, 0.3) is 0 Å². The second-order valence-corrected chi connectivity index (χ2v) is 4.55. The van der Waals surface area contributed by atoms with Crippen molar-refractivity contribution in [2.75, 3.05) is 0 Å². The van der Waals surface area contributed by atoms with Crippen LogP contribution in [0.2, 0.25) is 10.3 Å². The molecule has 0 aliphatic heterocycles. The molecule has 7 heteroatoms. The molecule has 0 amide bonds. The van der Waals surface area contributed by atoms with Crippen molar-refractivity contribution in [3.63, 3.8) is 0 Å². The standard InChI is InChI=1S/C10H8Cl2N3OP/c11-6-1-2-7(13-3-6)5-16-9-8(17)4-14-10(12)15-9/h1-4H,5,17H2. The molecule has 0 bridgehead atoms. The molecule has 2 aromatic heterocycles. The van der Waals surface area contributed by atoms with E-state index in [0.29, 0.717) is 17.5 Å². The molecule has 1 atom stereocenters. The van der Waals surface area contributed by atoms with Crippen LogP contribution in [0.5, 0.6) is 5.88 Å². The maximum atomic E-state index is 5.73. The van der Waals surface area contributed by atoms with Crippen LogP contribution in [-0.2, 0) is 6.61 Å². The molecule has 0 aliphatic carbocycles. The number of hydrogen-bond donors (Lipinski definition) is 0. The quantitative estimate of drug-likeness (QED) is 0.642. The molecule has 2 rings (SSSR count). The van der Waals surface area contributed by atoms with Gasteiger partial charge in [0.15, 0.2) is 0 Å². The lowest BCUT2D eigenvalue weighted by Gasteiger charge is -2.06. The highest BCUT2D eigenvalue weighted by Crippen LogP contribution is 2.12. The van der Waals surface area contributed by atoms with E-state index >= 15 is 0 Å². The summed E-state index contributed by atoms with van der Waals surface area (Å²) in [6, 6.07) is 3.54. The molecular weight excluding hydrogens is 280 g/mol. The molecule has 0 saturated heterocycles. The third-order valence-electron chi connectivity index (χ3n) is 1.90. The van der Waals surface area contributed by atoms with Crippen molar-refractivity contribution >= 4 is 37.7 Å². The fourth-order valence-corrected chi connectivity index (χ4v) is 1.56. The summed E-state index contributed by atoms with van der Waals surface area (Å²) >= 11 is 11.4. The maximum absolute atomic E-state index is 5.73. The van der Waals surface area contributed by atoms with E-state index in [4.69, 9.17) is 27.9 Å². The minimum Gasteiger partial charge on any atom is -0.471 e. The number of halogens is 2. The van der Waals surface area contributed by atoms with Gasteiger partial charge in [0, 0.05) is 12.4 Å². The molecule has 2 heterocycles. The van der Waals surface area contributed by atoms with Crippen molar-refractivity contribution in [3.8, 4) is 5.88 Å². The fourth-order valence-electron chi connectivity index (χ4n) is 1.10. The monoisotopic (exact) mass is 287 g/mol. The maximum Gasteiger partial charge on any atom is 0.225 e. The number of hydrogen-bond acceptors (Lipinski definition) is 4. The zero-order chi connectivity index (χ0) is 12.3. The van der Waals surface area contributed by atoms with Crippen LogP contribution < -0.4 is 10.0 Å². The summed E-state index contributed by atoms with van der Waals surface area (Å²) in [4.78, 5) is 11.9. The van der Waals surface area contributed by atoms with Gasteiger partial charge in [0.2, 0.25) is 11.2 Å². The second-order valence-electron chi connectivity index (χ2n) is 3.16. The van der Waals surface area contributed by atoms with Crippen molar-refractivity contribution in [1.82, 2.24) is 15.0 Å². The first kappa shape index (κ1) is 12.5. The second kappa shape index (κ2) is 5.58. The van der Waals surface area contributed by atoms with Crippen LogP contribution >= 0.6 is 32.4 Å². The van der Waals surface area contributed by atoms with Crippen molar-refractivity contribution in [3.05, 3.63) is 40.5 Å². The van der Waals surface area contributed by atoms with E-state index in [2.05, 4.69) is 24.2 Å². The molecule has 88 valence electrons. The first-order valence-electron chi connectivity index (χ1n) is 4.66. The lowest BCUT2D eigenvalue weighted by molar-refractivity contribution is 0.291. The lowest BCUT2D eigenvalue weighted by Crippen LogP contribution is -2.07. The Hall–Kier alpha value is -0.960. The highest BCUT2D eigenvalue weighted by atomic mass is 35.5. The number of rotatable bonds is 3. The predicted octanol–water partition coefficient (Wildman–Crippen LogP) is 2.26. The summed E-state index contributed by atoms with van der Waals surface area (Å²) in [5.41, 5.74) is 0.758. The smallest absolute Gasteiger partial charge is 0.225 e. The average molecular weight is 288 g/mol. The zero-order valence-corrected chi connectivity index (χ0v) is 11.3. The SMILES string of the molecule is Pc1cnc(Cl)nc1OCc1ccc(Cl)cn1. The van der Waals surface area contributed by atoms with Crippen LogP contribution in [0, 0.1) is 0 Å². The van der Waals surface area contributed by atoms with E-state index in [-0.39, 0.29) is 5.28 Å². The highest BCUT2D eigenvalue weighted by Gasteiger charge is 2.04. The largest absolute Gasteiger partial charge is 0.471 e. The van der Waals surface area contributed by atoms with E-state index in [1.54, 1.807) is 24.5 Å².